The molecule has 4 heteroatoms. The lowest BCUT2D eigenvalue weighted by Gasteiger charge is -1.94. The van der Waals surface area contributed by atoms with Crippen molar-refractivity contribution < 1.29 is 21.2 Å². The zero-order chi connectivity index (χ0) is 18.3. The number of benzene rings is 2. The lowest BCUT2D eigenvalue weighted by atomic mass is 10.3. The van der Waals surface area contributed by atoms with Gasteiger partial charge in [-0.05, 0) is 48.3 Å². The molecule has 4 nitrogen and oxygen atoms in total. The summed E-state index contributed by atoms with van der Waals surface area (Å²) in [5.41, 5.74) is -1.07. The normalized spacial score (nSPS) is 17.8. The molecule has 0 unspecified atom stereocenters. The van der Waals surface area contributed by atoms with Crippen LogP contribution in [0.3, 0.4) is 0 Å². The molecule has 0 bridgehead atoms. The van der Waals surface area contributed by atoms with Gasteiger partial charge in [0.25, 0.3) is 0 Å². The molecule has 2 rings (SSSR count). The molecule has 0 spiro atoms. The van der Waals surface area contributed by atoms with Crippen LogP contribution in [0.5, 0.6) is 11.5 Å². The highest BCUT2D eigenvalue weighted by Gasteiger charge is 1.92. The maximum atomic E-state index is 9.44. The molecule has 2 aromatic carbocycles. The number of phenolic OH excluding ortho intramolecular Hbond substituents is 2. The fourth-order valence-corrected chi connectivity index (χ4v) is 0.799. The Kier molecular flexibility index (Phi) is 1.18. The summed E-state index contributed by atoms with van der Waals surface area (Å²) in [5, 5.41) is 25.9. The van der Waals surface area contributed by atoms with Crippen LogP contribution in [0, 0.1) is 0 Å². The fourth-order valence-electron chi connectivity index (χ4n) is 0.799. The van der Waals surface area contributed by atoms with Gasteiger partial charge >= 0.3 is 0 Å². The molecule has 0 radical (unpaired) electrons. The van der Waals surface area contributed by atoms with Gasteiger partial charge in [0.2, 0.25) is 0 Å². The average Bonchev–Trinajstić information content (AvgIpc) is 2.57. The van der Waals surface area contributed by atoms with E-state index >= 15 is 0 Å². The summed E-state index contributed by atoms with van der Waals surface area (Å²) >= 11 is 0. The molecule has 16 heavy (non-hydrogen) atoms. The minimum atomic E-state index is -0.849. The number of hydrogen-bond donors (Lipinski definition) is 2. The Morgan fingerprint density at radius 1 is 0.688 bits per heavy atom. The molecular formula is C12H10N2O2. The van der Waals surface area contributed by atoms with Crippen molar-refractivity contribution in [3.8, 4) is 11.5 Å². The van der Waals surface area contributed by atoms with Crippen LogP contribution in [0.2, 0.25) is 0 Å². The molecule has 0 atom stereocenters. The SMILES string of the molecule is [2H]c1c([2H])c(N=Nc2c([2H])c([2H])c(O)c([2H])c2[2H])c([2H])c([2H])c1O. The van der Waals surface area contributed by atoms with Gasteiger partial charge in [-0.2, -0.15) is 10.2 Å². The molecule has 2 aromatic rings. The van der Waals surface area contributed by atoms with Gasteiger partial charge < -0.3 is 10.2 Å². The summed E-state index contributed by atoms with van der Waals surface area (Å²) < 4.78 is 60.5. The van der Waals surface area contributed by atoms with Crippen molar-refractivity contribution in [1.29, 1.82) is 0 Å². The second kappa shape index (κ2) is 4.44. The van der Waals surface area contributed by atoms with Crippen LogP contribution in [0.1, 0.15) is 11.0 Å². The molecule has 0 aliphatic carbocycles. The molecular weight excluding hydrogens is 204 g/mol. The molecule has 0 saturated heterocycles. The van der Waals surface area contributed by atoms with Crippen LogP contribution in [0.4, 0.5) is 11.4 Å². The van der Waals surface area contributed by atoms with Crippen LogP contribution in [-0.2, 0) is 0 Å². The summed E-state index contributed by atoms with van der Waals surface area (Å²) in [5.74, 6) is -1.70. The van der Waals surface area contributed by atoms with E-state index in [0.29, 0.717) is 0 Å². The molecule has 0 fully saturated rings. The first kappa shape index (κ1) is 4.25. The maximum absolute atomic E-state index is 9.44. The molecule has 0 aliphatic rings. The summed E-state index contributed by atoms with van der Waals surface area (Å²) in [6.45, 7) is 0. The van der Waals surface area contributed by atoms with E-state index in [2.05, 4.69) is 10.2 Å². The molecule has 0 heterocycles. The summed E-state index contributed by atoms with van der Waals surface area (Å²) in [6, 6.07) is -5.61. The highest BCUT2D eigenvalue weighted by molar-refractivity contribution is 5.43. The van der Waals surface area contributed by atoms with Gasteiger partial charge in [-0.15, -0.1) is 0 Å². The molecule has 0 amide bonds. The topological polar surface area (TPSA) is 65.2 Å². The van der Waals surface area contributed by atoms with Crippen molar-refractivity contribution in [1.82, 2.24) is 0 Å². The van der Waals surface area contributed by atoms with Gasteiger partial charge in [0.1, 0.15) is 11.5 Å². The third-order valence-electron chi connectivity index (χ3n) is 1.45. The van der Waals surface area contributed by atoms with Crippen molar-refractivity contribution in [2.45, 2.75) is 0 Å². The zero-order valence-corrected chi connectivity index (χ0v) is 7.79. The van der Waals surface area contributed by atoms with Gasteiger partial charge in [-0.3, -0.25) is 0 Å². The smallest absolute Gasteiger partial charge is 0.115 e. The molecule has 0 saturated carbocycles. The Morgan fingerprint density at radius 3 is 1.31 bits per heavy atom. The quantitative estimate of drug-likeness (QED) is 0.763. The lowest BCUT2D eigenvalue weighted by Crippen LogP contribution is -1.66. The Balaban J connectivity index is 2.67. The Labute approximate surface area is 104 Å². The van der Waals surface area contributed by atoms with Gasteiger partial charge in [0, 0.05) is 0 Å². The van der Waals surface area contributed by atoms with Crippen molar-refractivity contribution in [2.24, 2.45) is 10.2 Å². The first-order valence-corrected chi connectivity index (χ1v) is 4.09. The van der Waals surface area contributed by atoms with Crippen molar-refractivity contribution in [3.05, 3.63) is 48.3 Å². The fraction of sp³-hybridized carbons (Fsp3) is 0. The van der Waals surface area contributed by atoms with Gasteiger partial charge in [-0.25, -0.2) is 0 Å². The maximum Gasteiger partial charge on any atom is 0.115 e. The van der Waals surface area contributed by atoms with E-state index in [1.54, 1.807) is 0 Å². The average molecular weight is 222 g/mol. The minimum Gasteiger partial charge on any atom is -0.508 e. The standard InChI is InChI=1S/C12H10N2O2/c15-11-5-1-9(2-6-11)13-14-10-3-7-12(16)8-4-10/h1-8,15-16H/i1D,2D,3D,4D,5D,6D,7D,8D. The van der Waals surface area contributed by atoms with E-state index in [1.807, 2.05) is 0 Å². The van der Waals surface area contributed by atoms with Gasteiger partial charge in [0.05, 0.1) is 22.3 Å². The molecule has 80 valence electrons. The van der Waals surface area contributed by atoms with Crippen molar-refractivity contribution in [3.63, 3.8) is 0 Å². The van der Waals surface area contributed by atoms with Crippen molar-refractivity contribution in [2.75, 3.05) is 0 Å². The van der Waals surface area contributed by atoms with E-state index < -0.39 is 71.2 Å². The Hall–Kier alpha value is -2.36. The van der Waals surface area contributed by atoms with E-state index in [0.717, 1.165) is 0 Å². The first-order chi connectivity index (χ1) is 11.1. The monoisotopic (exact) mass is 222 g/mol. The van der Waals surface area contributed by atoms with Crippen LogP contribution < -0.4 is 0 Å². The van der Waals surface area contributed by atoms with E-state index in [1.165, 1.54) is 0 Å². The highest BCUT2D eigenvalue weighted by Crippen LogP contribution is 2.21. The third-order valence-corrected chi connectivity index (χ3v) is 1.45. The Bertz CT molecular complexity index is 755. The second-order valence-electron chi connectivity index (χ2n) is 2.59. The predicted octanol–water partition coefficient (Wildman–Crippen LogP) is 3.51. The van der Waals surface area contributed by atoms with Crippen LogP contribution >= 0.6 is 0 Å². The zero-order valence-electron chi connectivity index (χ0n) is 15.8. The minimum absolute atomic E-state index is 0.535. The number of aromatic hydroxyl groups is 2. The van der Waals surface area contributed by atoms with E-state index in [-0.39, 0.29) is 0 Å². The van der Waals surface area contributed by atoms with Crippen LogP contribution in [0.15, 0.2) is 58.6 Å². The number of azo groups is 1. The summed E-state index contributed by atoms with van der Waals surface area (Å²) in [4.78, 5) is 0. The molecule has 0 aromatic heterocycles. The predicted molar refractivity (Wildman–Crippen MR) is 60.4 cm³/mol. The van der Waals surface area contributed by atoms with Crippen LogP contribution in [0.25, 0.3) is 0 Å². The van der Waals surface area contributed by atoms with E-state index in [9.17, 15) is 10.2 Å². The summed E-state index contributed by atoms with van der Waals surface area (Å²) in [6.07, 6.45) is 0. The van der Waals surface area contributed by atoms with E-state index in [4.69, 9.17) is 11.0 Å². The van der Waals surface area contributed by atoms with Gasteiger partial charge in [0.15, 0.2) is 0 Å². The number of hydrogen-bond acceptors (Lipinski definition) is 4. The molecule has 0 aliphatic heterocycles. The second-order valence-corrected chi connectivity index (χ2v) is 2.59. The van der Waals surface area contributed by atoms with Gasteiger partial charge in [-0.1, -0.05) is 0 Å². The first-order valence-electron chi connectivity index (χ1n) is 8.09. The lowest BCUT2D eigenvalue weighted by molar-refractivity contribution is 0.475. The summed E-state index contributed by atoms with van der Waals surface area (Å²) in [7, 11) is 0. The third kappa shape index (κ3) is 2.57. The number of phenols is 2. The highest BCUT2D eigenvalue weighted by atomic mass is 16.3. The Morgan fingerprint density at radius 2 is 1.00 bits per heavy atom. The number of nitrogens with zero attached hydrogens (tertiary/aromatic N) is 2. The number of rotatable bonds is 2. The van der Waals surface area contributed by atoms with Crippen LogP contribution in [-0.4, -0.2) is 10.2 Å². The molecule has 2 N–H and O–H groups in total. The van der Waals surface area contributed by atoms with Crippen molar-refractivity contribution >= 4 is 11.4 Å². The largest absolute Gasteiger partial charge is 0.508 e.